The van der Waals surface area contributed by atoms with Gasteiger partial charge in [-0.15, -0.1) is 10.2 Å². The normalized spacial score (nSPS) is 10.0. The van der Waals surface area contributed by atoms with E-state index in [1.54, 1.807) is 6.20 Å². The molecular weight excluding hydrogens is 130 g/mol. The smallest absolute Gasteiger partial charge is 0.134 e. The molecule has 0 atom stereocenters. The van der Waals surface area contributed by atoms with E-state index in [2.05, 4.69) is 31.7 Å². The lowest BCUT2D eigenvalue weighted by Crippen LogP contribution is -1.92. The molecule has 0 saturated heterocycles. The van der Waals surface area contributed by atoms with Gasteiger partial charge in [0.2, 0.25) is 0 Å². The summed E-state index contributed by atoms with van der Waals surface area (Å²) in [6.45, 7) is 0. The van der Waals surface area contributed by atoms with E-state index in [1.165, 1.54) is 6.20 Å². The van der Waals surface area contributed by atoms with Gasteiger partial charge in [-0.3, -0.25) is 4.98 Å². The van der Waals surface area contributed by atoms with Crippen LogP contribution in [-0.2, 0) is 0 Å². The number of nitrogens with zero attached hydrogens (tertiary/aromatic N) is 5. The van der Waals surface area contributed by atoms with Crippen LogP contribution in [0, 0.1) is 6.07 Å². The molecule has 0 aliphatic carbocycles. The molecule has 0 aliphatic heterocycles. The van der Waals surface area contributed by atoms with E-state index >= 15 is 0 Å². The molecule has 0 aromatic carbocycles. The maximum atomic E-state index is 3.79. The summed E-state index contributed by atoms with van der Waals surface area (Å²) in [6.07, 6.45) is 3.08. The Hall–Kier alpha value is -1.65. The number of fused-ring (bicyclic) bond motifs is 1. The minimum absolute atomic E-state index is 0.588. The van der Waals surface area contributed by atoms with Crippen LogP contribution >= 0.6 is 0 Å². The van der Waals surface area contributed by atoms with E-state index in [0.29, 0.717) is 11.0 Å². The number of hydrogen-bond acceptors (Lipinski definition) is 5. The van der Waals surface area contributed by atoms with Gasteiger partial charge < -0.3 is 0 Å². The van der Waals surface area contributed by atoms with Crippen LogP contribution in [0.4, 0.5) is 0 Å². The first-order valence-electron chi connectivity index (χ1n) is 2.64. The van der Waals surface area contributed by atoms with Crippen molar-refractivity contribution in [2.45, 2.75) is 0 Å². The van der Waals surface area contributed by atoms with Crippen LogP contribution in [0.1, 0.15) is 0 Å². The van der Waals surface area contributed by atoms with Gasteiger partial charge in [0.1, 0.15) is 11.0 Å². The summed E-state index contributed by atoms with van der Waals surface area (Å²) in [5.74, 6) is 0. The fourth-order valence-electron chi connectivity index (χ4n) is 0.628. The molecule has 47 valence electrons. The van der Waals surface area contributed by atoms with Crippen LogP contribution in [-0.4, -0.2) is 25.6 Å². The summed E-state index contributed by atoms with van der Waals surface area (Å²) in [5, 5.41) is 14.0. The standard InChI is InChI=1S/C5H2N5/c1-2-6-3-5-4(1)7-9-10-8-5/h2-3H. The Labute approximate surface area is 56.1 Å². The van der Waals surface area contributed by atoms with Gasteiger partial charge in [0.05, 0.1) is 6.20 Å². The molecule has 0 aliphatic rings. The molecule has 5 heteroatoms. The van der Waals surface area contributed by atoms with Crippen molar-refractivity contribution < 1.29 is 0 Å². The van der Waals surface area contributed by atoms with Crippen molar-refractivity contribution in [1.82, 2.24) is 25.6 Å². The molecule has 0 amide bonds. The monoisotopic (exact) mass is 132 g/mol. The predicted molar refractivity (Wildman–Crippen MR) is 31.8 cm³/mol. The van der Waals surface area contributed by atoms with Crippen molar-refractivity contribution in [1.29, 1.82) is 0 Å². The number of pyridine rings is 1. The highest BCUT2D eigenvalue weighted by Crippen LogP contribution is 1.98. The summed E-state index contributed by atoms with van der Waals surface area (Å²) >= 11 is 0. The summed E-state index contributed by atoms with van der Waals surface area (Å²) in [4.78, 5) is 3.79. The highest BCUT2D eigenvalue weighted by Gasteiger charge is 1.92. The molecule has 0 spiro atoms. The van der Waals surface area contributed by atoms with Crippen molar-refractivity contribution in [3.05, 3.63) is 18.5 Å². The zero-order valence-electron chi connectivity index (χ0n) is 4.89. The maximum absolute atomic E-state index is 3.79. The molecule has 2 rings (SSSR count). The highest BCUT2D eigenvalue weighted by atomic mass is 15.4. The van der Waals surface area contributed by atoms with Crippen LogP contribution in [0.2, 0.25) is 0 Å². The average molecular weight is 132 g/mol. The Kier molecular flexibility index (Phi) is 1.00. The van der Waals surface area contributed by atoms with Crippen LogP contribution in [0.5, 0.6) is 0 Å². The van der Waals surface area contributed by atoms with Crippen LogP contribution in [0.15, 0.2) is 12.4 Å². The second-order valence-corrected chi connectivity index (χ2v) is 1.66. The lowest BCUT2D eigenvalue weighted by Gasteiger charge is -1.86. The molecule has 2 aromatic rings. The third kappa shape index (κ3) is 0.680. The largest absolute Gasteiger partial charge is 0.262 e. The zero-order chi connectivity index (χ0) is 6.81. The number of hydrogen-bond donors (Lipinski definition) is 0. The second-order valence-electron chi connectivity index (χ2n) is 1.66. The molecule has 0 N–H and O–H groups in total. The SMILES string of the molecule is [c]1cncc2nnnnc12. The number of rotatable bonds is 0. The molecule has 2 heterocycles. The summed E-state index contributed by atoms with van der Waals surface area (Å²) in [7, 11) is 0. The Morgan fingerprint density at radius 2 is 2.10 bits per heavy atom. The lowest BCUT2D eigenvalue weighted by molar-refractivity contribution is 0.795. The van der Waals surface area contributed by atoms with Crippen LogP contribution in [0.3, 0.4) is 0 Å². The minimum Gasteiger partial charge on any atom is -0.262 e. The summed E-state index contributed by atoms with van der Waals surface area (Å²) in [5.41, 5.74) is 1.20. The molecular formula is C5H2N5. The minimum atomic E-state index is 0.588. The fourth-order valence-corrected chi connectivity index (χ4v) is 0.628. The van der Waals surface area contributed by atoms with Gasteiger partial charge in [-0.1, -0.05) is 0 Å². The van der Waals surface area contributed by atoms with Crippen molar-refractivity contribution in [3.63, 3.8) is 0 Å². The van der Waals surface area contributed by atoms with E-state index in [-0.39, 0.29) is 0 Å². The summed E-state index contributed by atoms with van der Waals surface area (Å²) in [6, 6.07) is 2.76. The van der Waals surface area contributed by atoms with Crippen molar-refractivity contribution in [3.8, 4) is 0 Å². The highest BCUT2D eigenvalue weighted by molar-refractivity contribution is 5.69. The first-order valence-corrected chi connectivity index (χ1v) is 2.64. The van der Waals surface area contributed by atoms with Gasteiger partial charge in [0, 0.05) is 12.3 Å². The van der Waals surface area contributed by atoms with Crippen molar-refractivity contribution in [2.75, 3.05) is 0 Å². The number of aromatic nitrogens is 5. The molecule has 0 bridgehead atoms. The van der Waals surface area contributed by atoms with Crippen LogP contribution in [0.25, 0.3) is 11.0 Å². The zero-order valence-corrected chi connectivity index (χ0v) is 4.89. The van der Waals surface area contributed by atoms with Gasteiger partial charge in [-0.2, -0.15) is 0 Å². The third-order valence-corrected chi connectivity index (χ3v) is 1.05. The Morgan fingerprint density at radius 3 is 3.00 bits per heavy atom. The van der Waals surface area contributed by atoms with Crippen molar-refractivity contribution >= 4 is 11.0 Å². The van der Waals surface area contributed by atoms with Gasteiger partial charge in [0.25, 0.3) is 0 Å². The maximum Gasteiger partial charge on any atom is 0.134 e. The molecule has 0 saturated carbocycles. The van der Waals surface area contributed by atoms with E-state index < -0.39 is 0 Å². The van der Waals surface area contributed by atoms with Gasteiger partial charge in [-0.05, 0) is 10.4 Å². The third-order valence-electron chi connectivity index (χ3n) is 1.05. The molecule has 0 fully saturated rings. The second kappa shape index (κ2) is 1.94. The molecule has 5 nitrogen and oxygen atoms in total. The predicted octanol–water partition coefficient (Wildman–Crippen LogP) is -0.385. The first kappa shape index (κ1) is 5.16. The Balaban J connectivity index is 2.89. The fraction of sp³-hybridized carbons (Fsp3) is 0. The van der Waals surface area contributed by atoms with Gasteiger partial charge in [0.15, 0.2) is 0 Å². The lowest BCUT2D eigenvalue weighted by atomic mass is 10.4. The van der Waals surface area contributed by atoms with E-state index in [4.69, 9.17) is 0 Å². The topological polar surface area (TPSA) is 64.5 Å². The van der Waals surface area contributed by atoms with E-state index in [1.807, 2.05) is 0 Å². The van der Waals surface area contributed by atoms with Gasteiger partial charge >= 0.3 is 0 Å². The van der Waals surface area contributed by atoms with E-state index in [0.717, 1.165) is 0 Å². The Morgan fingerprint density at radius 1 is 1.20 bits per heavy atom. The Bertz CT molecular complexity index is 281. The average Bonchev–Trinajstić information content (AvgIpc) is 2.05. The molecule has 1 radical (unpaired) electrons. The van der Waals surface area contributed by atoms with Gasteiger partial charge in [-0.25, -0.2) is 0 Å². The van der Waals surface area contributed by atoms with Crippen molar-refractivity contribution in [2.24, 2.45) is 0 Å². The first-order chi connectivity index (χ1) is 4.97. The molecule has 10 heavy (non-hydrogen) atoms. The van der Waals surface area contributed by atoms with Crippen LogP contribution < -0.4 is 0 Å². The molecule has 2 aromatic heterocycles. The molecule has 0 unspecified atom stereocenters. The quantitative estimate of drug-likeness (QED) is 0.488. The van der Waals surface area contributed by atoms with E-state index in [9.17, 15) is 0 Å². The summed E-state index contributed by atoms with van der Waals surface area (Å²) < 4.78 is 0.